The summed E-state index contributed by atoms with van der Waals surface area (Å²) in [6, 6.07) is -0.136. The van der Waals surface area contributed by atoms with Crippen molar-refractivity contribution in [2.45, 2.75) is 57.4 Å². The Morgan fingerprint density at radius 2 is 1.91 bits per heavy atom. The van der Waals surface area contributed by atoms with Crippen LogP contribution in [-0.4, -0.2) is 53.6 Å². The maximum atomic E-state index is 11.8. The van der Waals surface area contributed by atoms with Gasteiger partial charge in [-0.3, -0.25) is 9.59 Å². The number of piperidine rings is 1. The van der Waals surface area contributed by atoms with Crippen LogP contribution in [0.2, 0.25) is 0 Å². The quantitative estimate of drug-likeness (QED) is 0.642. The molecule has 2 fully saturated rings. The van der Waals surface area contributed by atoms with Crippen molar-refractivity contribution >= 4 is 17.9 Å². The highest BCUT2D eigenvalue weighted by atomic mass is 16.4. The molecular formula is C16H27N3O4. The number of hydrogen-bond donors (Lipinski definition) is 3. The van der Waals surface area contributed by atoms with E-state index in [1.54, 1.807) is 0 Å². The molecule has 0 unspecified atom stereocenters. The zero-order valence-corrected chi connectivity index (χ0v) is 13.6. The number of hydrogen-bond acceptors (Lipinski definition) is 3. The number of nitrogens with zero attached hydrogens (tertiary/aromatic N) is 1. The van der Waals surface area contributed by atoms with E-state index in [-0.39, 0.29) is 23.9 Å². The first-order valence-corrected chi connectivity index (χ1v) is 8.61. The molecule has 0 spiro atoms. The molecule has 0 aromatic rings. The van der Waals surface area contributed by atoms with Gasteiger partial charge in [0.2, 0.25) is 5.91 Å². The van der Waals surface area contributed by atoms with Gasteiger partial charge in [-0.15, -0.1) is 0 Å². The first kappa shape index (κ1) is 17.6. The van der Waals surface area contributed by atoms with E-state index in [1.807, 2.05) is 4.90 Å². The van der Waals surface area contributed by atoms with Gasteiger partial charge in [0, 0.05) is 32.1 Å². The fraction of sp³-hybridized carbons (Fsp3) is 0.812. The van der Waals surface area contributed by atoms with E-state index in [0.717, 1.165) is 25.8 Å². The van der Waals surface area contributed by atoms with Crippen LogP contribution >= 0.6 is 0 Å². The second-order valence-electron chi connectivity index (χ2n) is 6.48. The van der Waals surface area contributed by atoms with Gasteiger partial charge in [-0.25, -0.2) is 4.79 Å². The molecule has 3 amide bonds. The third-order valence-electron chi connectivity index (χ3n) is 4.72. The molecule has 7 heteroatoms. The van der Waals surface area contributed by atoms with Crippen LogP contribution in [0.3, 0.4) is 0 Å². The molecule has 23 heavy (non-hydrogen) atoms. The third kappa shape index (κ3) is 5.73. The Labute approximate surface area is 136 Å². The van der Waals surface area contributed by atoms with Crippen molar-refractivity contribution in [3.63, 3.8) is 0 Å². The lowest BCUT2D eigenvalue weighted by atomic mass is 9.86. The zero-order chi connectivity index (χ0) is 16.7. The van der Waals surface area contributed by atoms with Crippen LogP contribution in [0.5, 0.6) is 0 Å². The molecule has 1 aliphatic carbocycles. The predicted molar refractivity (Wildman–Crippen MR) is 85.0 cm³/mol. The first-order valence-electron chi connectivity index (χ1n) is 8.61. The summed E-state index contributed by atoms with van der Waals surface area (Å²) >= 11 is 0. The first-order chi connectivity index (χ1) is 11.1. The third-order valence-corrected chi connectivity index (χ3v) is 4.72. The van der Waals surface area contributed by atoms with Crippen LogP contribution in [0.15, 0.2) is 0 Å². The van der Waals surface area contributed by atoms with Gasteiger partial charge in [-0.05, 0) is 44.9 Å². The van der Waals surface area contributed by atoms with E-state index in [9.17, 15) is 14.4 Å². The predicted octanol–water partition coefficient (Wildman–Crippen LogP) is 1.33. The molecule has 3 N–H and O–H groups in total. The molecule has 0 radical (unpaired) electrons. The Kier molecular flexibility index (Phi) is 6.67. The molecule has 130 valence electrons. The lowest BCUT2D eigenvalue weighted by molar-refractivity contribution is -0.142. The maximum Gasteiger partial charge on any atom is 0.315 e. The summed E-state index contributed by atoms with van der Waals surface area (Å²) in [4.78, 5) is 36.2. The molecule has 2 aliphatic rings. The number of carboxylic acid groups (broad SMARTS) is 1. The Bertz CT molecular complexity index is 433. The number of rotatable bonds is 6. The molecular weight excluding hydrogens is 298 g/mol. The summed E-state index contributed by atoms with van der Waals surface area (Å²) in [6.07, 6.45) is 6.13. The number of likely N-dealkylation sites (tertiary alicyclic amines) is 1. The summed E-state index contributed by atoms with van der Waals surface area (Å²) in [5.41, 5.74) is 0. The van der Waals surface area contributed by atoms with Gasteiger partial charge in [0.1, 0.15) is 0 Å². The highest BCUT2D eigenvalue weighted by molar-refractivity contribution is 5.77. The van der Waals surface area contributed by atoms with Crippen LogP contribution in [0, 0.1) is 5.92 Å². The highest BCUT2D eigenvalue weighted by Gasteiger charge is 2.26. The highest BCUT2D eigenvalue weighted by Crippen LogP contribution is 2.24. The van der Waals surface area contributed by atoms with Gasteiger partial charge in [0.05, 0.1) is 5.92 Å². The van der Waals surface area contributed by atoms with Crippen LogP contribution in [0.1, 0.15) is 51.4 Å². The van der Waals surface area contributed by atoms with E-state index >= 15 is 0 Å². The lowest BCUT2D eigenvalue weighted by Crippen LogP contribution is -2.45. The molecule has 7 nitrogen and oxygen atoms in total. The monoisotopic (exact) mass is 325 g/mol. The zero-order valence-electron chi connectivity index (χ0n) is 13.6. The van der Waals surface area contributed by atoms with Crippen molar-refractivity contribution in [2.24, 2.45) is 5.92 Å². The molecule has 0 aromatic carbocycles. The maximum absolute atomic E-state index is 11.8. The molecule has 1 saturated carbocycles. The van der Waals surface area contributed by atoms with Crippen LogP contribution < -0.4 is 10.6 Å². The number of amides is 3. The smallest absolute Gasteiger partial charge is 0.315 e. The molecule has 1 aliphatic heterocycles. The number of carbonyl (C=O) groups is 3. The summed E-state index contributed by atoms with van der Waals surface area (Å²) < 4.78 is 0. The van der Waals surface area contributed by atoms with Crippen molar-refractivity contribution in [3.05, 3.63) is 0 Å². The summed E-state index contributed by atoms with van der Waals surface area (Å²) in [7, 11) is 0. The van der Waals surface area contributed by atoms with Crippen molar-refractivity contribution < 1.29 is 19.5 Å². The number of urea groups is 1. The fourth-order valence-corrected chi connectivity index (χ4v) is 3.29. The molecule has 2 rings (SSSR count). The van der Waals surface area contributed by atoms with E-state index < -0.39 is 5.97 Å². The van der Waals surface area contributed by atoms with Crippen LogP contribution in [0.4, 0.5) is 4.79 Å². The molecule has 0 atom stereocenters. The van der Waals surface area contributed by atoms with Crippen LogP contribution in [0.25, 0.3) is 0 Å². The number of nitrogens with one attached hydrogen (secondary N) is 2. The average molecular weight is 325 g/mol. The van der Waals surface area contributed by atoms with Crippen molar-refractivity contribution in [1.29, 1.82) is 0 Å². The van der Waals surface area contributed by atoms with Gasteiger partial charge < -0.3 is 20.6 Å². The normalized spacial score (nSPS) is 25.0. The van der Waals surface area contributed by atoms with E-state index in [2.05, 4.69) is 10.6 Å². The van der Waals surface area contributed by atoms with E-state index in [0.29, 0.717) is 45.2 Å². The van der Waals surface area contributed by atoms with Gasteiger partial charge in [-0.2, -0.15) is 0 Å². The molecule has 1 heterocycles. The number of carbonyl (C=O) groups excluding carboxylic acids is 2. The minimum absolute atomic E-state index is 0.0641. The van der Waals surface area contributed by atoms with Gasteiger partial charge in [-0.1, -0.05) is 0 Å². The fourth-order valence-electron chi connectivity index (χ4n) is 3.29. The standard InChI is InChI=1S/C16H27N3O4/c20-14-4-1-2-10-19(14)11-3-9-17-16(23)18-13-7-5-12(6-8-13)15(21)22/h12-13H,1-11H2,(H,21,22)(H2,17,18,23). The number of aliphatic carboxylic acids is 1. The second-order valence-corrected chi connectivity index (χ2v) is 6.48. The van der Waals surface area contributed by atoms with Crippen molar-refractivity contribution in [1.82, 2.24) is 15.5 Å². The van der Waals surface area contributed by atoms with Crippen molar-refractivity contribution in [2.75, 3.05) is 19.6 Å². The van der Waals surface area contributed by atoms with Gasteiger partial charge in [0.25, 0.3) is 0 Å². The summed E-state index contributed by atoms with van der Waals surface area (Å²) in [5.74, 6) is -0.783. The minimum atomic E-state index is -0.736. The summed E-state index contributed by atoms with van der Waals surface area (Å²) in [5, 5.41) is 14.7. The Morgan fingerprint density at radius 3 is 2.57 bits per heavy atom. The van der Waals surface area contributed by atoms with Crippen molar-refractivity contribution in [3.8, 4) is 0 Å². The SMILES string of the molecule is O=C(NCCCN1CCCCC1=O)NC1CCC(C(=O)O)CC1. The Hall–Kier alpha value is -1.79. The Balaban J connectivity index is 1.55. The topological polar surface area (TPSA) is 98.7 Å². The van der Waals surface area contributed by atoms with Gasteiger partial charge in [0.15, 0.2) is 0 Å². The second kappa shape index (κ2) is 8.74. The molecule has 0 aromatic heterocycles. The molecule has 0 bridgehead atoms. The molecule has 1 saturated heterocycles. The minimum Gasteiger partial charge on any atom is -0.481 e. The summed E-state index contributed by atoms with van der Waals surface area (Å²) in [6.45, 7) is 2.07. The van der Waals surface area contributed by atoms with E-state index in [4.69, 9.17) is 5.11 Å². The van der Waals surface area contributed by atoms with E-state index in [1.165, 1.54) is 0 Å². The van der Waals surface area contributed by atoms with Crippen LogP contribution in [-0.2, 0) is 9.59 Å². The lowest BCUT2D eigenvalue weighted by Gasteiger charge is -2.27. The Morgan fingerprint density at radius 1 is 1.17 bits per heavy atom. The van der Waals surface area contributed by atoms with Gasteiger partial charge >= 0.3 is 12.0 Å². The largest absolute Gasteiger partial charge is 0.481 e. The average Bonchev–Trinajstić information content (AvgIpc) is 2.53. The number of carboxylic acids is 1.